The molecule has 1 N–H and O–H groups in total. The fraction of sp³-hybridized carbons (Fsp3) is 0.800. The summed E-state index contributed by atoms with van der Waals surface area (Å²) in [5, 5.41) is 4.20. The highest BCUT2D eigenvalue weighted by atomic mass is 32.1. The zero-order chi connectivity index (χ0) is 11.3. The van der Waals surface area contributed by atoms with Crippen molar-refractivity contribution in [3.63, 3.8) is 0 Å². The lowest BCUT2D eigenvalue weighted by Crippen LogP contribution is -2.24. The van der Waals surface area contributed by atoms with Crippen LogP contribution in [0.3, 0.4) is 0 Å². The molecular weight excluding hydrogens is 210 g/mol. The van der Waals surface area contributed by atoms with E-state index in [2.05, 4.69) is 28.5 Å². The minimum absolute atomic E-state index is 0.218. The van der Waals surface area contributed by atoms with Gasteiger partial charge in [0.25, 0.3) is 0 Å². The molecule has 1 rings (SSSR count). The summed E-state index contributed by atoms with van der Waals surface area (Å²) in [4.78, 5) is 4.26. The van der Waals surface area contributed by atoms with Crippen molar-refractivity contribution in [2.75, 3.05) is 25.6 Å². The van der Waals surface area contributed by atoms with E-state index in [-0.39, 0.29) is 5.41 Å². The lowest BCUT2D eigenvalue weighted by atomic mass is 9.90. The summed E-state index contributed by atoms with van der Waals surface area (Å²) in [6.45, 7) is 8.02. The number of hydrogen-bond acceptors (Lipinski definition) is 5. The van der Waals surface area contributed by atoms with Gasteiger partial charge in [0, 0.05) is 31.8 Å². The quantitative estimate of drug-likeness (QED) is 0.813. The zero-order valence-corrected chi connectivity index (χ0v) is 10.6. The minimum Gasteiger partial charge on any atom is -0.385 e. The summed E-state index contributed by atoms with van der Waals surface area (Å²) >= 11 is 1.41. The van der Waals surface area contributed by atoms with Gasteiger partial charge in [0.05, 0.1) is 0 Å². The molecule has 0 fully saturated rings. The summed E-state index contributed by atoms with van der Waals surface area (Å²) in [6.07, 6.45) is 1.04. The van der Waals surface area contributed by atoms with Crippen molar-refractivity contribution in [1.82, 2.24) is 9.36 Å². The van der Waals surface area contributed by atoms with E-state index < -0.39 is 0 Å². The largest absolute Gasteiger partial charge is 0.385 e. The Kier molecular flexibility index (Phi) is 4.47. The van der Waals surface area contributed by atoms with Gasteiger partial charge in [-0.25, -0.2) is 4.98 Å². The number of methoxy groups -OCH3 is 1. The Balaban J connectivity index is 2.35. The summed E-state index contributed by atoms with van der Waals surface area (Å²) in [7, 11) is 1.73. The molecule has 0 radical (unpaired) electrons. The fourth-order valence-electron chi connectivity index (χ4n) is 1.15. The molecule has 0 bridgehead atoms. The van der Waals surface area contributed by atoms with Gasteiger partial charge in [-0.3, -0.25) is 0 Å². The van der Waals surface area contributed by atoms with Crippen LogP contribution >= 0.6 is 11.5 Å². The minimum atomic E-state index is 0.218. The molecule has 5 heteroatoms. The average Bonchev–Trinajstić information content (AvgIpc) is 2.59. The number of nitrogens with zero attached hydrogens (tertiary/aromatic N) is 2. The standard InChI is InChI=1S/C10H19N3OS/c1-8-12-9(15-13-8)11-7-10(2,3)5-6-14-4/h5-7H2,1-4H3,(H,11,12,13). The Labute approximate surface area is 95.2 Å². The third-order valence-electron chi connectivity index (χ3n) is 2.23. The van der Waals surface area contributed by atoms with E-state index in [1.54, 1.807) is 7.11 Å². The van der Waals surface area contributed by atoms with Crippen LogP contribution in [0.25, 0.3) is 0 Å². The highest BCUT2D eigenvalue weighted by Gasteiger charge is 2.17. The molecule has 0 aliphatic heterocycles. The van der Waals surface area contributed by atoms with Crippen LogP contribution in [0.1, 0.15) is 26.1 Å². The molecule has 0 aliphatic rings. The van der Waals surface area contributed by atoms with Gasteiger partial charge >= 0.3 is 0 Å². The second-order valence-electron chi connectivity index (χ2n) is 4.41. The van der Waals surface area contributed by atoms with Gasteiger partial charge in [-0.15, -0.1) is 0 Å². The van der Waals surface area contributed by atoms with Crippen LogP contribution in [0.15, 0.2) is 0 Å². The van der Waals surface area contributed by atoms with Crippen LogP contribution in [0.4, 0.5) is 5.13 Å². The highest BCUT2D eigenvalue weighted by molar-refractivity contribution is 7.09. The third kappa shape index (κ3) is 4.57. The van der Waals surface area contributed by atoms with E-state index in [0.717, 1.165) is 30.5 Å². The SMILES string of the molecule is COCCC(C)(C)CNc1nc(C)ns1. The molecule has 0 atom stereocenters. The number of aryl methyl sites for hydroxylation is 1. The van der Waals surface area contributed by atoms with Crippen molar-refractivity contribution in [1.29, 1.82) is 0 Å². The Morgan fingerprint density at radius 3 is 2.73 bits per heavy atom. The van der Waals surface area contributed by atoms with Gasteiger partial charge in [-0.1, -0.05) is 13.8 Å². The van der Waals surface area contributed by atoms with Gasteiger partial charge in [0.2, 0.25) is 5.13 Å². The van der Waals surface area contributed by atoms with Crippen LogP contribution in [0.2, 0.25) is 0 Å². The molecule has 1 aromatic heterocycles. The molecule has 86 valence electrons. The summed E-state index contributed by atoms with van der Waals surface area (Å²) in [5.41, 5.74) is 0.218. The second kappa shape index (κ2) is 5.42. The maximum Gasteiger partial charge on any atom is 0.202 e. The molecule has 4 nitrogen and oxygen atoms in total. The van der Waals surface area contributed by atoms with E-state index >= 15 is 0 Å². The maximum atomic E-state index is 5.08. The van der Waals surface area contributed by atoms with Crippen molar-refractivity contribution < 1.29 is 4.74 Å². The molecule has 0 saturated heterocycles. The van der Waals surface area contributed by atoms with Crippen molar-refractivity contribution >= 4 is 16.7 Å². The number of nitrogens with one attached hydrogen (secondary N) is 1. The summed E-state index contributed by atoms with van der Waals surface area (Å²) in [5.74, 6) is 0.831. The fourth-order valence-corrected chi connectivity index (χ4v) is 1.72. The van der Waals surface area contributed by atoms with Crippen LogP contribution in [-0.4, -0.2) is 29.6 Å². The number of aromatic nitrogens is 2. The van der Waals surface area contributed by atoms with Crippen LogP contribution in [-0.2, 0) is 4.74 Å². The van der Waals surface area contributed by atoms with Gasteiger partial charge in [0.1, 0.15) is 5.82 Å². The number of hydrogen-bond donors (Lipinski definition) is 1. The average molecular weight is 229 g/mol. The highest BCUT2D eigenvalue weighted by Crippen LogP contribution is 2.21. The molecule has 0 spiro atoms. The Bertz CT molecular complexity index is 299. The van der Waals surface area contributed by atoms with Gasteiger partial charge in [0.15, 0.2) is 0 Å². The smallest absolute Gasteiger partial charge is 0.202 e. The molecule has 0 amide bonds. The first-order chi connectivity index (χ1) is 7.03. The molecule has 1 aromatic rings. The normalized spacial score (nSPS) is 11.7. The van der Waals surface area contributed by atoms with Gasteiger partial charge in [-0.2, -0.15) is 4.37 Å². The Morgan fingerprint density at radius 2 is 2.20 bits per heavy atom. The molecule has 1 heterocycles. The zero-order valence-electron chi connectivity index (χ0n) is 9.83. The number of ether oxygens (including phenoxy) is 1. The summed E-state index contributed by atoms with van der Waals surface area (Å²) in [6, 6.07) is 0. The van der Waals surface area contributed by atoms with E-state index in [4.69, 9.17) is 4.74 Å². The molecule has 0 unspecified atom stereocenters. The van der Waals surface area contributed by atoms with Gasteiger partial charge in [-0.05, 0) is 18.8 Å². The van der Waals surface area contributed by atoms with Crippen molar-refractivity contribution in [3.8, 4) is 0 Å². The Hall–Kier alpha value is -0.680. The Morgan fingerprint density at radius 1 is 1.47 bits per heavy atom. The second-order valence-corrected chi connectivity index (χ2v) is 5.16. The first-order valence-electron chi connectivity index (χ1n) is 5.07. The lowest BCUT2D eigenvalue weighted by Gasteiger charge is -2.24. The summed E-state index contributed by atoms with van der Waals surface area (Å²) < 4.78 is 9.20. The van der Waals surface area contributed by atoms with Crippen LogP contribution in [0, 0.1) is 12.3 Å². The van der Waals surface area contributed by atoms with Crippen LogP contribution in [0.5, 0.6) is 0 Å². The predicted octanol–water partition coefficient (Wildman–Crippen LogP) is 2.32. The van der Waals surface area contributed by atoms with Crippen molar-refractivity contribution in [2.24, 2.45) is 5.41 Å². The molecule has 0 aliphatic carbocycles. The maximum absolute atomic E-state index is 5.08. The van der Waals surface area contributed by atoms with E-state index in [1.165, 1.54) is 11.5 Å². The first-order valence-corrected chi connectivity index (χ1v) is 5.84. The predicted molar refractivity (Wildman–Crippen MR) is 63.4 cm³/mol. The van der Waals surface area contributed by atoms with Crippen LogP contribution < -0.4 is 5.32 Å². The lowest BCUT2D eigenvalue weighted by molar-refractivity contribution is 0.157. The number of anilines is 1. The van der Waals surface area contributed by atoms with E-state index in [0.29, 0.717) is 0 Å². The van der Waals surface area contributed by atoms with E-state index in [9.17, 15) is 0 Å². The molecule has 15 heavy (non-hydrogen) atoms. The van der Waals surface area contributed by atoms with Crippen molar-refractivity contribution in [3.05, 3.63) is 5.82 Å². The molecular formula is C10H19N3OS. The topological polar surface area (TPSA) is 47.0 Å². The van der Waals surface area contributed by atoms with Gasteiger partial charge < -0.3 is 10.1 Å². The number of rotatable bonds is 6. The monoisotopic (exact) mass is 229 g/mol. The molecule has 0 saturated carbocycles. The molecule has 0 aromatic carbocycles. The van der Waals surface area contributed by atoms with Crippen molar-refractivity contribution in [2.45, 2.75) is 27.2 Å². The third-order valence-corrected chi connectivity index (χ3v) is 2.99. The first kappa shape index (κ1) is 12.4. The van der Waals surface area contributed by atoms with E-state index in [1.807, 2.05) is 6.92 Å².